The summed E-state index contributed by atoms with van der Waals surface area (Å²) in [4.78, 5) is 16.7. The van der Waals surface area contributed by atoms with Gasteiger partial charge in [-0.15, -0.1) is 0 Å². The molecule has 1 fully saturated rings. The van der Waals surface area contributed by atoms with Crippen LogP contribution in [0.5, 0.6) is 0 Å². The van der Waals surface area contributed by atoms with Crippen LogP contribution in [0.3, 0.4) is 0 Å². The second-order valence-electron chi connectivity index (χ2n) is 6.03. The van der Waals surface area contributed by atoms with E-state index in [1.165, 1.54) is 11.1 Å². The summed E-state index contributed by atoms with van der Waals surface area (Å²) in [6.45, 7) is 1.91. The van der Waals surface area contributed by atoms with E-state index in [9.17, 15) is 4.79 Å². The Morgan fingerprint density at radius 3 is 2.74 bits per heavy atom. The van der Waals surface area contributed by atoms with Gasteiger partial charge >= 0.3 is 0 Å². The van der Waals surface area contributed by atoms with Crippen molar-refractivity contribution in [2.24, 2.45) is 0 Å². The Morgan fingerprint density at radius 2 is 1.91 bits per heavy atom. The molecule has 2 aromatic rings. The van der Waals surface area contributed by atoms with Gasteiger partial charge in [-0.1, -0.05) is 47.5 Å². The van der Waals surface area contributed by atoms with Crippen molar-refractivity contribution in [2.45, 2.75) is 12.5 Å². The van der Waals surface area contributed by atoms with E-state index < -0.39 is 0 Å². The maximum absolute atomic E-state index is 12.6. The van der Waals surface area contributed by atoms with Gasteiger partial charge in [0.2, 0.25) is 5.91 Å². The van der Waals surface area contributed by atoms with Crippen LogP contribution in [-0.2, 0) is 11.2 Å². The van der Waals surface area contributed by atoms with E-state index in [2.05, 4.69) is 23.1 Å². The lowest BCUT2D eigenvalue weighted by Crippen LogP contribution is -2.54. The summed E-state index contributed by atoms with van der Waals surface area (Å²) in [5.74, 6) is 0.154. The molecule has 1 atom stereocenters. The van der Waals surface area contributed by atoms with E-state index in [1.807, 2.05) is 23.1 Å². The van der Waals surface area contributed by atoms with Crippen molar-refractivity contribution in [3.05, 3.63) is 63.6 Å². The molecule has 2 aliphatic heterocycles. The van der Waals surface area contributed by atoms with Gasteiger partial charge in [-0.3, -0.25) is 4.79 Å². The molecule has 5 heteroatoms. The summed E-state index contributed by atoms with van der Waals surface area (Å²) in [5, 5.41) is 1.19. The number of halogens is 2. The molecule has 0 radical (unpaired) electrons. The lowest BCUT2D eigenvalue weighted by Gasteiger charge is -2.45. The Kier molecular flexibility index (Phi) is 3.70. The molecule has 0 aliphatic carbocycles. The number of amides is 1. The minimum absolute atomic E-state index is 0.0907. The molecule has 1 unspecified atom stereocenters. The molecule has 3 nitrogen and oxygen atoms in total. The van der Waals surface area contributed by atoms with Gasteiger partial charge in [0.15, 0.2) is 0 Å². The fourth-order valence-electron chi connectivity index (χ4n) is 3.60. The highest BCUT2D eigenvalue weighted by Gasteiger charge is 2.37. The zero-order valence-corrected chi connectivity index (χ0v) is 14.0. The highest BCUT2D eigenvalue weighted by molar-refractivity contribution is 6.36. The lowest BCUT2D eigenvalue weighted by atomic mass is 9.90. The molecule has 0 aromatic heterocycles. The quantitative estimate of drug-likeness (QED) is 0.780. The molecule has 0 N–H and O–H groups in total. The summed E-state index contributed by atoms with van der Waals surface area (Å²) < 4.78 is 0. The predicted octanol–water partition coefficient (Wildman–Crippen LogP) is 3.94. The van der Waals surface area contributed by atoms with E-state index in [-0.39, 0.29) is 11.9 Å². The Hall–Kier alpha value is -1.71. The molecule has 2 aliphatic rings. The summed E-state index contributed by atoms with van der Waals surface area (Å²) in [6.07, 6.45) is 0.931. The van der Waals surface area contributed by atoms with Gasteiger partial charge in [0.05, 0.1) is 23.3 Å². The van der Waals surface area contributed by atoms with E-state index in [4.69, 9.17) is 23.2 Å². The number of carbonyl (C=O) groups excluding carboxylic acids is 1. The molecule has 2 aromatic carbocycles. The summed E-state index contributed by atoms with van der Waals surface area (Å²) in [5.41, 5.74) is 3.46. The predicted molar refractivity (Wildman–Crippen MR) is 93.3 cm³/mol. The van der Waals surface area contributed by atoms with Crippen LogP contribution in [0.4, 0.5) is 5.69 Å². The standard InChI is InChI=1S/C18H16Cl2N2O/c19-13-5-6-16(15(20)9-13)21-10-17-14-4-2-1-3-12(14)7-8-22(17)18(23)11-21/h1-6,9,17H,7-8,10-11H2. The van der Waals surface area contributed by atoms with Gasteiger partial charge in [0, 0.05) is 18.1 Å². The third kappa shape index (κ3) is 2.58. The van der Waals surface area contributed by atoms with Crippen molar-refractivity contribution in [3.8, 4) is 0 Å². The highest BCUT2D eigenvalue weighted by atomic mass is 35.5. The normalized spacial score (nSPS) is 20.3. The van der Waals surface area contributed by atoms with Crippen molar-refractivity contribution in [1.29, 1.82) is 0 Å². The van der Waals surface area contributed by atoms with Crippen LogP contribution < -0.4 is 4.90 Å². The lowest BCUT2D eigenvalue weighted by molar-refractivity contribution is -0.134. The van der Waals surface area contributed by atoms with Gasteiger partial charge in [-0.25, -0.2) is 0 Å². The van der Waals surface area contributed by atoms with Crippen molar-refractivity contribution >= 4 is 34.8 Å². The zero-order chi connectivity index (χ0) is 16.0. The van der Waals surface area contributed by atoms with Gasteiger partial charge in [-0.2, -0.15) is 0 Å². The monoisotopic (exact) mass is 346 g/mol. The summed E-state index contributed by atoms with van der Waals surface area (Å²) in [7, 11) is 0. The first kappa shape index (κ1) is 14.9. The number of nitrogens with zero attached hydrogens (tertiary/aromatic N) is 2. The number of anilines is 1. The van der Waals surface area contributed by atoms with E-state index in [0.29, 0.717) is 16.6 Å². The zero-order valence-electron chi connectivity index (χ0n) is 12.5. The Balaban J connectivity index is 1.71. The summed E-state index contributed by atoms with van der Waals surface area (Å²) >= 11 is 12.3. The molecule has 1 saturated heterocycles. The second kappa shape index (κ2) is 5.73. The average molecular weight is 347 g/mol. The van der Waals surface area contributed by atoms with E-state index >= 15 is 0 Å². The molecule has 0 spiro atoms. The van der Waals surface area contributed by atoms with Gasteiger partial charge in [0.1, 0.15) is 0 Å². The number of carbonyl (C=O) groups is 1. The number of benzene rings is 2. The minimum atomic E-state index is 0.0907. The van der Waals surface area contributed by atoms with Crippen molar-refractivity contribution in [1.82, 2.24) is 4.90 Å². The fraction of sp³-hybridized carbons (Fsp3) is 0.278. The molecule has 23 heavy (non-hydrogen) atoms. The number of hydrogen-bond donors (Lipinski definition) is 0. The number of piperazine rings is 1. The Labute approximate surface area is 145 Å². The minimum Gasteiger partial charge on any atom is -0.359 e. The molecular formula is C18H16Cl2N2O. The van der Waals surface area contributed by atoms with Crippen LogP contribution in [0.1, 0.15) is 17.2 Å². The first-order chi connectivity index (χ1) is 11.1. The van der Waals surface area contributed by atoms with Gasteiger partial charge in [-0.05, 0) is 35.7 Å². The second-order valence-corrected chi connectivity index (χ2v) is 6.87. The molecular weight excluding hydrogens is 331 g/mol. The van der Waals surface area contributed by atoms with Gasteiger partial charge in [0.25, 0.3) is 0 Å². The fourth-order valence-corrected chi connectivity index (χ4v) is 4.12. The first-order valence-electron chi connectivity index (χ1n) is 7.71. The molecule has 0 bridgehead atoms. The number of rotatable bonds is 1. The number of fused-ring (bicyclic) bond motifs is 3. The molecule has 4 rings (SSSR count). The van der Waals surface area contributed by atoms with Gasteiger partial charge < -0.3 is 9.80 Å². The van der Waals surface area contributed by atoms with E-state index in [1.54, 1.807) is 6.07 Å². The Morgan fingerprint density at radius 1 is 1.09 bits per heavy atom. The van der Waals surface area contributed by atoms with Crippen LogP contribution in [0.2, 0.25) is 10.0 Å². The third-order valence-electron chi connectivity index (χ3n) is 4.70. The summed E-state index contributed by atoms with van der Waals surface area (Å²) in [6, 6.07) is 13.9. The molecule has 118 valence electrons. The van der Waals surface area contributed by atoms with Crippen molar-refractivity contribution in [2.75, 3.05) is 24.5 Å². The molecule has 2 heterocycles. The van der Waals surface area contributed by atoms with E-state index in [0.717, 1.165) is 25.2 Å². The van der Waals surface area contributed by atoms with Crippen molar-refractivity contribution < 1.29 is 4.79 Å². The third-order valence-corrected chi connectivity index (χ3v) is 5.24. The van der Waals surface area contributed by atoms with Crippen molar-refractivity contribution in [3.63, 3.8) is 0 Å². The smallest absolute Gasteiger partial charge is 0.242 e. The van der Waals surface area contributed by atoms with Crippen LogP contribution in [0, 0.1) is 0 Å². The van der Waals surface area contributed by atoms with Crippen LogP contribution in [0.15, 0.2) is 42.5 Å². The maximum Gasteiger partial charge on any atom is 0.242 e. The average Bonchev–Trinajstić information content (AvgIpc) is 2.54. The number of hydrogen-bond acceptors (Lipinski definition) is 2. The maximum atomic E-state index is 12.6. The largest absolute Gasteiger partial charge is 0.359 e. The first-order valence-corrected chi connectivity index (χ1v) is 8.46. The topological polar surface area (TPSA) is 23.6 Å². The van der Waals surface area contributed by atoms with Crippen LogP contribution >= 0.6 is 23.2 Å². The highest BCUT2D eigenvalue weighted by Crippen LogP contribution is 2.37. The molecule has 1 amide bonds. The molecule has 0 saturated carbocycles. The Bertz CT molecular complexity index is 777. The van der Waals surface area contributed by atoms with Crippen LogP contribution in [0.25, 0.3) is 0 Å². The van der Waals surface area contributed by atoms with Crippen LogP contribution in [-0.4, -0.2) is 30.4 Å². The SMILES string of the molecule is O=C1CN(c2ccc(Cl)cc2Cl)CC2c3ccccc3CCN12.